The van der Waals surface area contributed by atoms with Gasteiger partial charge in [-0.3, -0.25) is 4.98 Å². The van der Waals surface area contributed by atoms with E-state index in [2.05, 4.69) is 24.0 Å². The van der Waals surface area contributed by atoms with Gasteiger partial charge in [-0.05, 0) is 30.2 Å². The summed E-state index contributed by atoms with van der Waals surface area (Å²) in [5.74, 6) is 0. The fourth-order valence-corrected chi connectivity index (χ4v) is 2.02. The van der Waals surface area contributed by atoms with Crippen LogP contribution in [0.4, 0.5) is 5.69 Å². The average molecular weight is 230 g/mol. The summed E-state index contributed by atoms with van der Waals surface area (Å²) in [6, 6.07) is 8.18. The van der Waals surface area contributed by atoms with E-state index in [1.54, 1.807) is 7.11 Å². The zero-order chi connectivity index (χ0) is 12.3. The number of nitrogen functional groups attached to an aromatic ring is 1. The lowest BCUT2D eigenvalue weighted by molar-refractivity contribution is 0.182. The molecule has 0 saturated heterocycles. The minimum atomic E-state index is 0.497. The molecule has 0 spiro atoms. The van der Waals surface area contributed by atoms with Crippen molar-refractivity contribution in [1.82, 2.24) is 4.98 Å². The summed E-state index contributed by atoms with van der Waals surface area (Å²) in [4.78, 5) is 4.52. The molecule has 0 radical (unpaired) electrons. The van der Waals surface area contributed by atoms with Gasteiger partial charge in [-0.15, -0.1) is 0 Å². The molecule has 1 heterocycles. The van der Waals surface area contributed by atoms with Crippen LogP contribution in [0.3, 0.4) is 0 Å². The molecule has 3 heteroatoms. The highest BCUT2D eigenvalue weighted by molar-refractivity contribution is 5.90. The highest BCUT2D eigenvalue weighted by atomic mass is 16.5. The van der Waals surface area contributed by atoms with Gasteiger partial charge < -0.3 is 10.5 Å². The van der Waals surface area contributed by atoms with Gasteiger partial charge in [0.05, 0.1) is 17.8 Å². The summed E-state index contributed by atoms with van der Waals surface area (Å²) in [6.07, 6.45) is 2.22. The summed E-state index contributed by atoms with van der Waals surface area (Å²) < 4.78 is 5.08. The van der Waals surface area contributed by atoms with Gasteiger partial charge in [0.1, 0.15) is 0 Å². The quantitative estimate of drug-likeness (QED) is 0.878. The predicted octanol–water partition coefficient (Wildman–Crippen LogP) is 2.92. The van der Waals surface area contributed by atoms with Crippen LogP contribution >= 0.6 is 0 Å². The number of methoxy groups -OCH3 is 1. The Kier molecular flexibility index (Phi) is 3.59. The highest BCUT2D eigenvalue weighted by Gasteiger charge is 2.04. The van der Waals surface area contributed by atoms with Crippen LogP contribution in [0.5, 0.6) is 0 Å². The van der Waals surface area contributed by atoms with E-state index in [0.717, 1.165) is 35.1 Å². The summed E-state index contributed by atoms with van der Waals surface area (Å²) in [5, 5.41) is 1.04. The molecular formula is C14H18N2O. The molecule has 0 saturated carbocycles. The lowest BCUT2D eigenvalue weighted by Crippen LogP contribution is -1.97. The Morgan fingerprint density at radius 2 is 2.12 bits per heavy atom. The van der Waals surface area contributed by atoms with E-state index in [0.29, 0.717) is 6.61 Å². The largest absolute Gasteiger partial charge is 0.398 e. The summed E-state index contributed by atoms with van der Waals surface area (Å²) in [5.41, 5.74) is 9.96. The number of nitrogens with two attached hydrogens (primary N) is 1. The molecule has 0 amide bonds. The zero-order valence-corrected chi connectivity index (χ0v) is 10.4. The Labute approximate surface area is 102 Å². The molecule has 3 nitrogen and oxygen atoms in total. The first kappa shape index (κ1) is 11.9. The Morgan fingerprint density at radius 3 is 2.82 bits per heavy atom. The monoisotopic (exact) mass is 230 g/mol. The number of rotatable bonds is 4. The number of hydrogen-bond acceptors (Lipinski definition) is 3. The maximum absolute atomic E-state index is 6.06. The van der Waals surface area contributed by atoms with Crippen molar-refractivity contribution in [2.24, 2.45) is 0 Å². The van der Waals surface area contributed by atoms with Gasteiger partial charge in [-0.1, -0.05) is 19.4 Å². The minimum Gasteiger partial charge on any atom is -0.398 e. The molecule has 0 aliphatic heterocycles. The van der Waals surface area contributed by atoms with Crippen LogP contribution in [-0.2, 0) is 17.8 Å². The molecule has 90 valence electrons. The molecule has 0 aliphatic carbocycles. The predicted molar refractivity (Wildman–Crippen MR) is 70.9 cm³/mol. The molecular weight excluding hydrogens is 212 g/mol. The fraction of sp³-hybridized carbons (Fsp3) is 0.357. The minimum absolute atomic E-state index is 0.497. The van der Waals surface area contributed by atoms with Crippen molar-refractivity contribution >= 4 is 16.6 Å². The van der Waals surface area contributed by atoms with Gasteiger partial charge in [0.25, 0.3) is 0 Å². The van der Waals surface area contributed by atoms with Crippen LogP contribution in [0.15, 0.2) is 24.3 Å². The molecule has 0 fully saturated rings. The van der Waals surface area contributed by atoms with Crippen molar-refractivity contribution in [2.45, 2.75) is 26.4 Å². The molecule has 2 rings (SSSR count). The van der Waals surface area contributed by atoms with Gasteiger partial charge in [0.2, 0.25) is 0 Å². The van der Waals surface area contributed by atoms with Gasteiger partial charge in [0, 0.05) is 18.2 Å². The Hall–Kier alpha value is -1.61. The lowest BCUT2D eigenvalue weighted by atomic mass is 10.1. The number of nitrogens with zero attached hydrogens (tertiary/aromatic N) is 1. The Bertz CT molecular complexity index is 523. The maximum Gasteiger partial charge on any atom is 0.0885 e. The molecule has 2 aromatic rings. The number of benzene rings is 1. The van der Waals surface area contributed by atoms with Crippen LogP contribution in [0.1, 0.15) is 24.6 Å². The van der Waals surface area contributed by atoms with Crippen molar-refractivity contribution < 1.29 is 4.74 Å². The van der Waals surface area contributed by atoms with E-state index < -0.39 is 0 Å². The standard InChI is InChI=1S/C14H18N2O/c1-3-4-10-5-6-14-12(7-10)13(15)8-11(16-14)9-17-2/h5-8H,3-4,9H2,1-2H3,(H2,15,16). The molecule has 2 N–H and O–H groups in total. The first-order chi connectivity index (χ1) is 8.24. The van der Waals surface area contributed by atoms with E-state index in [9.17, 15) is 0 Å². The van der Waals surface area contributed by atoms with Crippen molar-refractivity contribution in [2.75, 3.05) is 12.8 Å². The number of aryl methyl sites for hydroxylation is 1. The van der Waals surface area contributed by atoms with Crippen LogP contribution in [0.25, 0.3) is 10.9 Å². The number of fused-ring (bicyclic) bond motifs is 1. The number of ether oxygens (including phenoxy) is 1. The Morgan fingerprint density at radius 1 is 1.29 bits per heavy atom. The number of hydrogen-bond donors (Lipinski definition) is 1. The van der Waals surface area contributed by atoms with Crippen LogP contribution in [0, 0.1) is 0 Å². The fourth-order valence-electron chi connectivity index (χ4n) is 2.02. The third kappa shape index (κ3) is 2.56. The SMILES string of the molecule is CCCc1ccc2nc(COC)cc(N)c2c1. The van der Waals surface area contributed by atoms with Crippen molar-refractivity contribution in [3.8, 4) is 0 Å². The molecule has 1 aromatic carbocycles. The third-order valence-corrected chi connectivity index (χ3v) is 2.79. The van der Waals surface area contributed by atoms with E-state index in [-0.39, 0.29) is 0 Å². The molecule has 1 aromatic heterocycles. The van der Waals surface area contributed by atoms with Crippen LogP contribution < -0.4 is 5.73 Å². The van der Waals surface area contributed by atoms with Crippen molar-refractivity contribution in [3.63, 3.8) is 0 Å². The lowest BCUT2D eigenvalue weighted by Gasteiger charge is -2.07. The highest BCUT2D eigenvalue weighted by Crippen LogP contribution is 2.22. The maximum atomic E-state index is 6.06. The third-order valence-electron chi connectivity index (χ3n) is 2.79. The normalized spacial score (nSPS) is 10.9. The molecule has 0 unspecified atom stereocenters. The number of aromatic nitrogens is 1. The topological polar surface area (TPSA) is 48.1 Å². The average Bonchev–Trinajstić information content (AvgIpc) is 2.31. The summed E-state index contributed by atoms with van der Waals surface area (Å²) >= 11 is 0. The van der Waals surface area contributed by atoms with E-state index in [1.807, 2.05) is 12.1 Å². The number of pyridine rings is 1. The number of anilines is 1. The molecule has 0 atom stereocenters. The zero-order valence-electron chi connectivity index (χ0n) is 10.4. The van der Waals surface area contributed by atoms with Gasteiger partial charge >= 0.3 is 0 Å². The van der Waals surface area contributed by atoms with E-state index in [1.165, 1.54) is 5.56 Å². The second-order valence-electron chi connectivity index (χ2n) is 4.24. The second-order valence-corrected chi connectivity index (χ2v) is 4.24. The molecule has 0 bridgehead atoms. The molecule has 0 aliphatic rings. The second kappa shape index (κ2) is 5.15. The summed E-state index contributed by atoms with van der Waals surface area (Å²) in [6.45, 7) is 2.67. The van der Waals surface area contributed by atoms with Crippen LogP contribution in [-0.4, -0.2) is 12.1 Å². The Balaban J connectivity index is 2.48. The molecule has 17 heavy (non-hydrogen) atoms. The van der Waals surface area contributed by atoms with E-state index in [4.69, 9.17) is 10.5 Å². The smallest absolute Gasteiger partial charge is 0.0885 e. The van der Waals surface area contributed by atoms with E-state index >= 15 is 0 Å². The van der Waals surface area contributed by atoms with Gasteiger partial charge in [0.15, 0.2) is 0 Å². The first-order valence-electron chi connectivity index (χ1n) is 5.91. The van der Waals surface area contributed by atoms with Crippen LogP contribution in [0.2, 0.25) is 0 Å². The first-order valence-corrected chi connectivity index (χ1v) is 5.91. The summed E-state index contributed by atoms with van der Waals surface area (Å²) in [7, 11) is 1.66. The van der Waals surface area contributed by atoms with Crippen molar-refractivity contribution in [3.05, 3.63) is 35.5 Å². The van der Waals surface area contributed by atoms with Gasteiger partial charge in [-0.25, -0.2) is 0 Å². The van der Waals surface area contributed by atoms with Gasteiger partial charge in [-0.2, -0.15) is 0 Å². The van der Waals surface area contributed by atoms with Crippen molar-refractivity contribution in [1.29, 1.82) is 0 Å².